The van der Waals surface area contributed by atoms with Gasteiger partial charge in [-0.3, -0.25) is 0 Å². The number of aliphatic carboxylic acids is 4. The van der Waals surface area contributed by atoms with Gasteiger partial charge in [-0.05, 0) is 25.7 Å². The first-order chi connectivity index (χ1) is 9.08. The Morgan fingerprint density at radius 3 is 0.545 bits per heavy atom. The van der Waals surface area contributed by atoms with E-state index in [1.807, 2.05) is 0 Å². The van der Waals surface area contributed by atoms with E-state index in [9.17, 15) is 39.6 Å². The third-order valence-corrected chi connectivity index (χ3v) is 1.15. The second-order valence-corrected chi connectivity index (χ2v) is 2.90. The average Bonchev–Trinajstić information content (AvgIpc) is 2.40. The molecule has 0 aliphatic rings. The maximum absolute atomic E-state index is 9.26. The predicted molar refractivity (Wildman–Crippen MR) is 72.7 cm³/mol. The van der Waals surface area contributed by atoms with E-state index in [1.165, 1.54) is 27.7 Å². The van der Waals surface area contributed by atoms with Crippen molar-refractivity contribution in [3.8, 4) is 0 Å². The first-order valence-corrected chi connectivity index (χ1v) is 5.88. The van der Waals surface area contributed by atoms with E-state index >= 15 is 0 Å². The molecule has 0 radical (unpaired) electrons. The minimum Gasteiger partial charge on any atom is -0.550 e. The second-order valence-electron chi connectivity index (χ2n) is 2.90. The first kappa shape index (κ1) is 37.6. The van der Waals surface area contributed by atoms with Crippen LogP contribution in [0.5, 0.6) is 0 Å². The summed E-state index contributed by atoms with van der Waals surface area (Å²) < 4.78 is 0. The summed E-state index contributed by atoms with van der Waals surface area (Å²) in [5, 5.41) is 37.0. The van der Waals surface area contributed by atoms with Crippen molar-refractivity contribution in [1.82, 2.24) is 0 Å². The topological polar surface area (TPSA) is 161 Å². The maximum Gasteiger partial charge on any atom is 2.00 e. The van der Waals surface area contributed by atoms with Gasteiger partial charge in [0.2, 0.25) is 0 Å². The quantitative estimate of drug-likeness (QED) is 0.465. The van der Waals surface area contributed by atoms with Crippen LogP contribution in [0.1, 0.15) is 53.4 Å². The summed E-state index contributed by atoms with van der Waals surface area (Å²) in [7, 11) is 0. The van der Waals surface area contributed by atoms with E-state index in [4.69, 9.17) is 0 Å². The fraction of sp³-hybridized carbons (Fsp3) is 0.667. The van der Waals surface area contributed by atoms with E-state index in [-0.39, 0.29) is 71.8 Å². The van der Waals surface area contributed by atoms with Gasteiger partial charge in [-0.1, -0.05) is 27.7 Å². The Bertz CT molecular complexity index is 226. The monoisotopic (exact) mass is 340 g/mol. The molecule has 0 aromatic carbocycles. The summed E-state index contributed by atoms with van der Waals surface area (Å²) >= 11 is 0. The van der Waals surface area contributed by atoms with Gasteiger partial charge in [-0.2, -0.15) is 0 Å². The van der Waals surface area contributed by atoms with Gasteiger partial charge in [0.1, 0.15) is 0 Å². The Morgan fingerprint density at radius 1 is 0.500 bits per heavy atom. The molecule has 120 valence electrons. The summed E-state index contributed by atoms with van der Waals surface area (Å²) in [6.07, 6.45) is 0.444. The minimum absolute atomic E-state index is 0. The van der Waals surface area contributed by atoms with Crippen LogP contribution in [-0.4, -0.2) is 70.0 Å². The molecule has 8 nitrogen and oxygen atoms in total. The summed E-state index contributed by atoms with van der Waals surface area (Å²) in [4.78, 5) is 37.0. The van der Waals surface area contributed by atoms with Gasteiger partial charge >= 0.3 is 46.1 Å². The zero-order valence-corrected chi connectivity index (χ0v) is 16.3. The molecule has 0 unspecified atom stereocenters. The van der Waals surface area contributed by atoms with Gasteiger partial charge in [-0.15, -0.1) is 0 Å². The van der Waals surface area contributed by atoms with Crippen molar-refractivity contribution in [2.45, 2.75) is 53.4 Å². The molecule has 0 aliphatic heterocycles. The molecule has 0 saturated carbocycles. The number of rotatable bonds is 4. The molecule has 0 aromatic rings. The van der Waals surface area contributed by atoms with Crippen LogP contribution in [0, 0.1) is 0 Å². The van der Waals surface area contributed by atoms with Crippen molar-refractivity contribution in [3.63, 3.8) is 0 Å². The van der Waals surface area contributed by atoms with Crippen LogP contribution in [0.15, 0.2) is 0 Å². The minimum atomic E-state index is -0.995. The molecule has 0 aliphatic carbocycles. The Morgan fingerprint density at radius 2 is 0.545 bits per heavy atom. The Balaban J connectivity index is -0.0000000376. The molecular weight excluding hydrogens is 321 g/mol. The van der Waals surface area contributed by atoms with Crippen molar-refractivity contribution in [3.05, 3.63) is 0 Å². The Kier molecular flexibility index (Phi) is 55.3. The van der Waals surface area contributed by atoms with Crippen molar-refractivity contribution in [2.75, 3.05) is 0 Å². The summed E-state index contributed by atoms with van der Waals surface area (Å²) in [5.41, 5.74) is 0. The van der Waals surface area contributed by atoms with Gasteiger partial charge in [0.05, 0.1) is 0 Å². The Labute approximate surface area is 162 Å². The molecule has 0 heterocycles. The third-order valence-electron chi connectivity index (χ3n) is 1.15. The number of carbonyl (C=O) groups excluding carboxylic acids is 4. The number of carboxylic acid groups (broad SMARTS) is 4. The molecule has 0 rings (SSSR count). The smallest absolute Gasteiger partial charge is 0.550 e. The number of carboxylic acids is 4. The molecule has 0 spiro atoms. The van der Waals surface area contributed by atoms with E-state index in [0.717, 1.165) is 0 Å². The van der Waals surface area contributed by atoms with E-state index < -0.39 is 23.9 Å². The van der Waals surface area contributed by atoms with Crippen LogP contribution < -0.4 is 20.4 Å². The van der Waals surface area contributed by atoms with E-state index in [1.54, 1.807) is 0 Å². The molecule has 0 bridgehead atoms. The zero-order chi connectivity index (χ0) is 17.1. The molecule has 0 saturated heterocycles. The fourth-order valence-corrected chi connectivity index (χ4v) is 0. The molecule has 10 heteroatoms. The molecule has 22 heavy (non-hydrogen) atoms. The zero-order valence-electron chi connectivity index (χ0n) is 13.5. The van der Waals surface area contributed by atoms with Gasteiger partial charge in [0.15, 0.2) is 0 Å². The third kappa shape index (κ3) is 120. The fourth-order valence-electron chi connectivity index (χ4n) is 0. The first-order valence-electron chi connectivity index (χ1n) is 5.88. The normalized spacial score (nSPS) is 6.73. The number of hydrogen-bond donors (Lipinski definition) is 0. The second kappa shape index (κ2) is 32.4. The summed E-state index contributed by atoms with van der Waals surface area (Å²) in [5.74, 6) is -3.98. The van der Waals surface area contributed by atoms with Crippen LogP contribution in [0.25, 0.3) is 0 Å². The summed E-state index contributed by atoms with van der Waals surface area (Å²) in [6.45, 7) is 6.15. The molecular formula is C12H20Mg2O8. The maximum atomic E-state index is 9.26. The molecule has 0 N–H and O–H groups in total. The molecule has 0 atom stereocenters. The van der Waals surface area contributed by atoms with Crippen LogP contribution in [-0.2, 0) is 19.2 Å². The van der Waals surface area contributed by atoms with Crippen molar-refractivity contribution < 1.29 is 39.6 Å². The average molecular weight is 341 g/mol. The van der Waals surface area contributed by atoms with Gasteiger partial charge < -0.3 is 39.6 Å². The molecule has 0 aromatic heterocycles. The van der Waals surface area contributed by atoms with E-state index in [0.29, 0.717) is 0 Å². The van der Waals surface area contributed by atoms with Gasteiger partial charge in [-0.25, -0.2) is 0 Å². The van der Waals surface area contributed by atoms with Crippen molar-refractivity contribution in [2.24, 2.45) is 0 Å². The van der Waals surface area contributed by atoms with Crippen LogP contribution in [0.2, 0.25) is 0 Å². The largest absolute Gasteiger partial charge is 2.00 e. The molecule has 0 fully saturated rings. The van der Waals surface area contributed by atoms with E-state index in [2.05, 4.69) is 0 Å². The standard InChI is InChI=1S/4C3H6O2.2Mg/c4*1-2-3(4)5;;/h4*2H2,1H3,(H,4,5);;/q;;;;2*+2/p-4. The van der Waals surface area contributed by atoms with Gasteiger partial charge in [0, 0.05) is 23.9 Å². The van der Waals surface area contributed by atoms with Gasteiger partial charge in [0.25, 0.3) is 0 Å². The van der Waals surface area contributed by atoms with Crippen molar-refractivity contribution >= 4 is 70.0 Å². The van der Waals surface area contributed by atoms with Crippen molar-refractivity contribution in [1.29, 1.82) is 0 Å². The SMILES string of the molecule is CCC(=O)[O-].CCC(=O)[O-].CCC(=O)[O-].CCC(=O)[O-].[Mg+2].[Mg+2]. The van der Waals surface area contributed by atoms with Crippen LogP contribution in [0.3, 0.4) is 0 Å². The predicted octanol–water partition coefficient (Wildman–Crippen LogP) is -4.18. The Hall–Kier alpha value is -0.588. The number of hydrogen-bond acceptors (Lipinski definition) is 8. The van der Waals surface area contributed by atoms with Crippen LogP contribution in [0.4, 0.5) is 0 Å². The van der Waals surface area contributed by atoms with Crippen LogP contribution >= 0.6 is 0 Å². The number of carbonyl (C=O) groups is 4. The molecule has 0 amide bonds. The summed E-state index contributed by atoms with van der Waals surface area (Å²) in [6, 6.07) is 0.